The van der Waals surface area contributed by atoms with E-state index in [0.29, 0.717) is 6.42 Å². The highest BCUT2D eigenvalue weighted by molar-refractivity contribution is 7.44. The lowest BCUT2D eigenvalue weighted by molar-refractivity contribution is -0.223. The van der Waals surface area contributed by atoms with E-state index in [-0.39, 0.29) is 19.4 Å². The molecule has 0 aliphatic carbocycles. The second-order valence-electron chi connectivity index (χ2n) is 11.1. The van der Waals surface area contributed by atoms with E-state index in [9.17, 15) is 19.0 Å². The number of esters is 2. The number of hydrogen-bond donors (Lipinski definition) is 1. The van der Waals surface area contributed by atoms with Crippen LogP contribution in [0.1, 0.15) is 168 Å². The molecule has 1 N–H and O–H groups in total. The van der Waals surface area contributed by atoms with Crippen LogP contribution in [-0.4, -0.2) is 36.1 Å². The molecule has 0 spiro atoms. The van der Waals surface area contributed by atoms with Crippen molar-refractivity contribution in [2.45, 2.75) is 174 Å². The smallest absolute Gasteiger partial charge is 0.306 e. The zero-order valence-corrected chi connectivity index (χ0v) is 26.6. The lowest BCUT2D eigenvalue weighted by Crippen LogP contribution is -2.30. The maximum absolute atomic E-state index is 12.2. The van der Waals surface area contributed by atoms with Gasteiger partial charge in [0.25, 0.3) is 7.82 Å². The minimum Gasteiger partial charge on any atom is -0.756 e. The van der Waals surface area contributed by atoms with Crippen molar-refractivity contribution in [2.75, 3.05) is 13.2 Å². The number of phosphoric ester groups is 1. The van der Waals surface area contributed by atoms with E-state index in [1.807, 2.05) is 0 Å². The first-order valence-corrected chi connectivity index (χ1v) is 17.8. The lowest BCUT2D eigenvalue weighted by Gasteiger charge is -2.21. The summed E-state index contributed by atoms with van der Waals surface area (Å²) < 4.78 is 25.9. The summed E-state index contributed by atoms with van der Waals surface area (Å²) in [4.78, 5) is 44.2. The highest BCUT2D eigenvalue weighted by Gasteiger charge is 2.19. The number of rotatable bonds is 30. The second kappa shape index (κ2) is 28.2. The van der Waals surface area contributed by atoms with Crippen LogP contribution in [0.4, 0.5) is 0 Å². The van der Waals surface area contributed by atoms with Gasteiger partial charge in [-0.05, 0) is 12.8 Å². The van der Waals surface area contributed by atoms with Gasteiger partial charge in [-0.15, -0.1) is 0 Å². The quantitative estimate of drug-likeness (QED) is 0.0502. The van der Waals surface area contributed by atoms with Crippen LogP contribution in [0.5, 0.6) is 0 Å². The summed E-state index contributed by atoms with van der Waals surface area (Å²) in [6, 6.07) is 0. The molecule has 0 aromatic carbocycles. The summed E-state index contributed by atoms with van der Waals surface area (Å²) >= 11 is 0. The Labute approximate surface area is 244 Å². The van der Waals surface area contributed by atoms with Gasteiger partial charge < -0.3 is 23.8 Å². The van der Waals surface area contributed by atoms with E-state index in [2.05, 4.69) is 18.4 Å². The summed E-state index contributed by atoms with van der Waals surface area (Å²) in [6.07, 6.45) is 25.2. The Kier molecular flexibility index (Phi) is 27.5. The fourth-order valence-electron chi connectivity index (χ4n) is 4.66. The summed E-state index contributed by atoms with van der Waals surface area (Å²) in [5, 5.41) is 0. The van der Waals surface area contributed by atoms with Gasteiger partial charge >= 0.3 is 11.9 Å². The number of ether oxygens (including phenoxy) is 2. The van der Waals surface area contributed by atoms with E-state index >= 15 is 0 Å². The predicted molar refractivity (Wildman–Crippen MR) is 159 cm³/mol. The van der Waals surface area contributed by atoms with E-state index in [1.165, 1.54) is 96.3 Å². The standard InChI is InChI=1S/C31H61O8P/c1-3-5-7-9-11-13-15-16-18-20-22-24-26-31(33)39-29(28-38-40(34,35)36)27-37-30(32)25-23-21-19-17-14-12-10-8-6-4-2/h29H,3-28H2,1-2H3,(H2,34,35,36)/p-1/t29-/m1/s1. The van der Waals surface area contributed by atoms with Crippen LogP contribution in [0.3, 0.4) is 0 Å². The number of carbonyl (C=O) groups is 2. The fourth-order valence-corrected chi connectivity index (χ4v) is 5.02. The molecule has 0 heterocycles. The number of hydrogen-bond acceptors (Lipinski definition) is 7. The lowest BCUT2D eigenvalue weighted by atomic mass is 10.0. The van der Waals surface area contributed by atoms with Crippen LogP contribution in [0.15, 0.2) is 0 Å². The number of unbranched alkanes of at least 4 members (excludes halogenated alkanes) is 20. The Hall–Kier alpha value is -0.950. The molecule has 0 bridgehead atoms. The molecule has 0 amide bonds. The minimum absolute atomic E-state index is 0.203. The monoisotopic (exact) mass is 591 g/mol. The Balaban J connectivity index is 4.01. The third kappa shape index (κ3) is 30.0. The van der Waals surface area contributed by atoms with Crippen molar-refractivity contribution in [3.63, 3.8) is 0 Å². The Bertz CT molecular complexity index is 637. The Morgan fingerprint density at radius 1 is 0.600 bits per heavy atom. The topological polar surface area (TPSA) is 122 Å². The first-order valence-electron chi connectivity index (χ1n) is 16.3. The highest BCUT2D eigenvalue weighted by Crippen LogP contribution is 2.30. The van der Waals surface area contributed by atoms with Crippen LogP contribution < -0.4 is 4.89 Å². The van der Waals surface area contributed by atoms with Gasteiger partial charge in [-0.2, -0.15) is 0 Å². The normalized spacial score (nSPS) is 13.6. The molecule has 0 aliphatic heterocycles. The van der Waals surface area contributed by atoms with Crippen molar-refractivity contribution in [1.82, 2.24) is 0 Å². The third-order valence-electron chi connectivity index (χ3n) is 7.12. The molecule has 9 heteroatoms. The van der Waals surface area contributed by atoms with Crippen molar-refractivity contribution >= 4 is 19.8 Å². The molecule has 0 aromatic rings. The highest BCUT2D eigenvalue weighted by atomic mass is 31.2. The van der Waals surface area contributed by atoms with Gasteiger partial charge in [0.05, 0.1) is 6.61 Å². The minimum atomic E-state index is -4.98. The maximum atomic E-state index is 12.2. The van der Waals surface area contributed by atoms with E-state index < -0.39 is 32.5 Å². The summed E-state index contributed by atoms with van der Waals surface area (Å²) in [5.41, 5.74) is 0. The van der Waals surface area contributed by atoms with Crippen molar-refractivity contribution < 1.29 is 37.9 Å². The molecule has 0 saturated heterocycles. The molecule has 0 aliphatic rings. The van der Waals surface area contributed by atoms with E-state index in [4.69, 9.17) is 14.4 Å². The molecule has 2 atom stereocenters. The van der Waals surface area contributed by atoms with Gasteiger partial charge in [-0.1, -0.05) is 142 Å². The van der Waals surface area contributed by atoms with Gasteiger partial charge in [-0.3, -0.25) is 14.2 Å². The maximum Gasteiger partial charge on any atom is 0.306 e. The Morgan fingerprint density at radius 3 is 1.32 bits per heavy atom. The summed E-state index contributed by atoms with van der Waals surface area (Å²) in [7, 11) is -4.98. The largest absolute Gasteiger partial charge is 0.756 e. The molecule has 1 unspecified atom stereocenters. The van der Waals surface area contributed by atoms with Crippen LogP contribution in [0, 0.1) is 0 Å². The van der Waals surface area contributed by atoms with E-state index in [0.717, 1.165) is 38.5 Å². The molecule has 0 aromatic heterocycles. The predicted octanol–water partition coefficient (Wildman–Crippen LogP) is 8.32. The van der Waals surface area contributed by atoms with Crippen molar-refractivity contribution in [2.24, 2.45) is 0 Å². The number of phosphoric acid groups is 1. The van der Waals surface area contributed by atoms with Crippen molar-refractivity contribution in [1.29, 1.82) is 0 Å². The molecule has 238 valence electrons. The SMILES string of the molecule is CCCCCCCCCCCCCCC(=O)O[C@H](COC(=O)CCCCCCCCCCCC)COP(=O)([O-])O. The number of carbonyl (C=O) groups excluding carboxylic acids is 2. The zero-order chi connectivity index (χ0) is 29.7. The van der Waals surface area contributed by atoms with Crippen LogP contribution in [0.2, 0.25) is 0 Å². The van der Waals surface area contributed by atoms with Gasteiger partial charge in [-0.25, -0.2) is 0 Å². The first-order chi connectivity index (χ1) is 19.3. The molecule has 0 fully saturated rings. The van der Waals surface area contributed by atoms with Gasteiger partial charge in [0, 0.05) is 12.8 Å². The molecule has 8 nitrogen and oxygen atoms in total. The molecule has 40 heavy (non-hydrogen) atoms. The average Bonchev–Trinajstić information content (AvgIpc) is 2.91. The molecule has 0 rings (SSSR count). The van der Waals surface area contributed by atoms with Crippen molar-refractivity contribution in [3.05, 3.63) is 0 Å². The van der Waals surface area contributed by atoms with Gasteiger partial charge in [0.15, 0.2) is 6.10 Å². The zero-order valence-electron chi connectivity index (χ0n) is 25.7. The molecular weight excluding hydrogens is 531 g/mol. The third-order valence-corrected chi connectivity index (χ3v) is 7.60. The average molecular weight is 592 g/mol. The fraction of sp³-hybridized carbons (Fsp3) is 0.935. The van der Waals surface area contributed by atoms with Crippen molar-refractivity contribution in [3.8, 4) is 0 Å². The molecular formula is C31H60O8P-. The van der Waals surface area contributed by atoms with Gasteiger partial charge in [0.1, 0.15) is 6.61 Å². The van der Waals surface area contributed by atoms with Crippen LogP contribution in [0.25, 0.3) is 0 Å². The van der Waals surface area contributed by atoms with Gasteiger partial charge in [0.2, 0.25) is 0 Å². The summed E-state index contributed by atoms with van der Waals surface area (Å²) in [5.74, 6) is -0.916. The Morgan fingerprint density at radius 2 is 0.950 bits per heavy atom. The second-order valence-corrected chi connectivity index (χ2v) is 12.3. The molecule has 0 radical (unpaired) electrons. The summed E-state index contributed by atoms with van der Waals surface area (Å²) in [6.45, 7) is 3.55. The molecule has 0 saturated carbocycles. The van der Waals surface area contributed by atoms with E-state index in [1.54, 1.807) is 0 Å². The van der Waals surface area contributed by atoms with Crippen LogP contribution >= 0.6 is 7.82 Å². The first kappa shape index (κ1) is 39.0. The van der Waals surface area contributed by atoms with Crippen LogP contribution in [-0.2, 0) is 28.2 Å².